The van der Waals surface area contributed by atoms with Crippen LogP contribution in [-0.2, 0) is 13.0 Å². The molecule has 0 aromatic carbocycles. The average molecular weight is 250 g/mol. The fourth-order valence-electron chi connectivity index (χ4n) is 1.54. The summed E-state index contributed by atoms with van der Waals surface area (Å²) in [4.78, 5) is 4.30. The number of aromatic nitrogens is 5. The van der Waals surface area contributed by atoms with E-state index in [2.05, 4.69) is 34.3 Å². The van der Waals surface area contributed by atoms with E-state index in [0.29, 0.717) is 18.4 Å². The van der Waals surface area contributed by atoms with Gasteiger partial charge in [0.25, 0.3) is 0 Å². The molecule has 1 atom stereocenters. The van der Waals surface area contributed by atoms with Gasteiger partial charge in [0.2, 0.25) is 5.89 Å². The molecule has 2 N–H and O–H groups in total. The molecule has 2 rings (SSSR count). The maximum Gasteiger partial charge on any atom is 0.248 e. The third-order valence-electron chi connectivity index (χ3n) is 2.42. The van der Waals surface area contributed by atoms with Gasteiger partial charge in [0, 0.05) is 12.5 Å². The van der Waals surface area contributed by atoms with Crippen molar-refractivity contribution < 1.29 is 4.52 Å². The van der Waals surface area contributed by atoms with Gasteiger partial charge in [-0.2, -0.15) is 4.98 Å². The van der Waals surface area contributed by atoms with Gasteiger partial charge in [0.05, 0.1) is 11.9 Å². The highest BCUT2D eigenvalue weighted by atomic mass is 16.5. The molecule has 0 aliphatic carbocycles. The van der Waals surface area contributed by atoms with Gasteiger partial charge < -0.3 is 10.3 Å². The van der Waals surface area contributed by atoms with Crippen LogP contribution in [0, 0.1) is 5.92 Å². The zero-order valence-electron chi connectivity index (χ0n) is 10.9. The Morgan fingerprint density at radius 3 is 2.78 bits per heavy atom. The first-order valence-electron chi connectivity index (χ1n) is 6.01. The summed E-state index contributed by atoms with van der Waals surface area (Å²) in [6.45, 7) is 6.51. The second-order valence-electron chi connectivity index (χ2n) is 4.83. The van der Waals surface area contributed by atoms with Crippen LogP contribution in [0.4, 0.5) is 0 Å². The monoisotopic (exact) mass is 250 g/mol. The highest BCUT2D eigenvalue weighted by Gasteiger charge is 2.11. The molecule has 0 aliphatic heterocycles. The molecule has 2 aromatic heterocycles. The first-order valence-corrected chi connectivity index (χ1v) is 6.01. The summed E-state index contributed by atoms with van der Waals surface area (Å²) >= 11 is 0. The fourth-order valence-corrected chi connectivity index (χ4v) is 1.54. The van der Waals surface area contributed by atoms with Crippen molar-refractivity contribution in [1.29, 1.82) is 0 Å². The van der Waals surface area contributed by atoms with Gasteiger partial charge in [-0.05, 0) is 12.8 Å². The molecule has 0 radical (unpaired) electrons. The summed E-state index contributed by atoms with van der Waals surface area (Å²) < 4.78 is 6.80. The molecule has 1 unspecified atom stereocenters. The summed E-state index contributed by atoms with van der Waals surface area (Å²) in [5, 5.41) is 11.8. The van der Waals surface area contributed by atoms with E-state index in [1.165, 1.54) is 0 Å². The Morgan fingerprint density at radius 1 is 1.39 bits per heavy atom. The van der Waals surface area contributed by atoms with Gasteiger partial charge in [-0.1, -0.05) is 24.2 Å². The molecule has 0 spiro atoms. The van der Waals surface area contributed by atoms with Gasteiger partial charge >= 0.3 is 0 Å². The van der Waals surface area contributed by atoms with Crippen LogP contribution in [0.1, 0.15) is 44.2 Å². The van der Waals surface area contributed by atoms with Crippen molar-refractivity contribution in [2.24, 2.45) is 11.7 Å². The van der Waals surface area contributed by atoms with E-state index < -0.39 is 0 Å². The van der Waals surface area contributed by atoms with Crippen molar-refractivity contribution in [1.82, 2.24) is 25.1 Å². The van der Waals surface area contributed by atoms with E-state index in [4.69, 9.17) is 10.3 Å². The Balaban J connectivity index is 2.02. The molecular formula is C11H18N6O. The molecular weight excluding hydrogens is 232 g/mol. The minimum atomic E-state index is -0.127. The molecule has 0 amide bonds. The van der Waals surface area contributed by atoms with Gasteiger partial charge in [0.15, 0.2) is 5.82 Å². The molecule has 0 fully saturated rings. The van der Waals surface area contributed by atoms with Crippen molar-refractivity contribution in [3.63, 3.8) is 0 Å². The van der Waals surface area contributed by atoms with Crippen molar-refractivity contribution in [2.45, 2.75) is 39.8 Å². The Labute approximate surface area is 105 Å². The van der Waals surface area contributed by atoms with Crippen LogP contribution in [0.2, 0.25) is 0 Å². The maximum atomic E-state index is 5.71. The smallest absolute Gasteiger partial charge is 0.248 e. The molecule has 7 heteroatoms. The standard InChI is InChI=1S/C11H18N6O/c1-7(2)4-10-13-11(18-15-10)6-17-5-9(8(3)12)14-16-17/h5,7-8H,4,6,12H2,1-3H3. The highest BCUT2D eigenvalue weighted by molar-refractivity contribution is 4.98. The molecule has 0 aliphatic rings. The number of rotatable bonds is 5. The minimum Gasteiger partial charge on any atom is -0.337 e. The Hall–Kier alpha value is -1.76. The lowest BCUT2D eigenvalue weighted by atomic mass is 10.1. The van der Waals surface area contributed by atoms with Crippen LogP contribution in [-0.4, -0.2) is 25.1 Å². The second kappa shape index (κ2) is 5.26. The number of nitrogens with zero attached hydrogens (tertiary/aromatic N) is 5. The van der Waals surface area contributed by atoms with Crippen LogP contribution < -0.4 is 5.73 Å². The summed E-state index contributed by atoms with van der Waals surface area (Å²) in [5.74, 6) is 1.77. The second-order valence-corrected chi connectivity index (χ2v) is 4.83. The Kier molecular flexibility index (Phi) is 3.71. The molecule has 18 heavy (non-hydrogen) atoms. The van der Waals surface area contributed by atoms with E-state index in [0.717, 1.165) is 17.9 Å². The molecule has 0 bridgehead atoms. The molecule has 98 valence electrons. The van der Waals surface area contributed by atoms with E-state index in [-0.39, 0.29) is 6.04 Å². The van der Waals surface area contributed by atoms with E-state index in [9.17, 15) is 0 Å². The Bertz CT molecular complexity index is 501. The number of nitrogens with two attached hydrogens (primary N) is 1. The van der Waals surface area contributed by atoms with E-state index >= 15 is 0 Å². The lowest BCUT2D eigenvalue weighted by molar-refractivity contribution is 0.358. The first-order chi connectivity index (χ1) is 8.54. The third kappa shape index (κ3) is 3.13. The van der Waals surface area contributed by atoms with Crippen molar-refractivity contribution in [3.8, 4) is 0 Å². The molecule has 0 saturated carbocycles. The quantitative estimate of drug-likeness (QED) is 0.848. The maximum absolute atomic E-state index is 5.71. The number of hydrogen-bond acceptors (Lipinski definition) is 6. The van der Waals surface area contributed by atoms with Gasteiger partial charge in [-0.25, -0.2) is 4.68 Å². The van der Waals surface area contributed by atoms with Gasteiger partial charge in [-0.15, -0.1) is 5.10 Å². The summed E-state index contributed by atoms with van der Waals surface area (Å²) in [6.07, 6.45) is 2.60. The summed E-state index contributed by atoms with van der Waals surface area (Å²) in [6, 6.07) is -0.127. The SMILES string of the molecule is CC(C)Cc1noc(Cn2cc(C(C)N)nn2)n1. The van der Waals surface area contributed by atoms with Crippen LogP contribution in [0.5, 0.6) is 0 Å². The first kappa shape index (κ1) is 12.7. The normalized spacial score (nSPS) is 13.2. The highest BCUT2D eigenvalue weighted by Crippen LogP contribution is 2.07. The minimum absolute atomic E-state index is 0.127. The van der Waals surface area contributed by atoms with Crippen LogP contribution in [0.3, 0.4) is 0 Å². The number of hydrogen-bond donors (Lipinski definition) is 1. The zero-order valence-corrected chi connectivity index (χ0v) is 10.9. The largest absolute Gasteiger partial charge is 0.337 e. The topological polar surface area (TPSA) is 95.7 Å². The lowest BCUT2D eigenvalue weighted by Crippen LogP contribution is -2.05. The van der Waals surface area contributed by atoms with Crippen molar-refractivity contribution in [2.75, 3.05) is 0 Å². The van der Waals surface area contributed by atoms with Crippen LogP contribution >= 0.6 is 0 Å². The molecule has 2 heterocycles. The van der Waals surface area contributed by atoms with Crippen molar-refractivity contribution in [3.05, 3.63) is 23.6 Å². The van der Waals surface area contributed by atoms with E-state index in [1.807, 2.05) is 6.92 Å². The predicted molar refractivity (Wildman–Crippen MR) is 64.6 cm³/mol. The Morgan fingerprint density at radius 2 is 2.17 bits per heavy atom. The van der Waals surface area contributed by atoms with Gasteiger partial charge in [0.1, 0.15) is 6.54 Å². The van der Waals surface area contributed by atoms with Crippen molar-refractivity contribution >= 4 is 0 Å². The van der Waals surface area contributed by atoms with Gasteiger partial charge in [-0.3, -0.25) is 0 Å². The molecule has 7 nitrogen and oxygen atoms in total. The van der Waals surface area contributed by atoms with Crippen LogP contribution in [0.25, 0.3) is 0 Å². The average Bonchev–Trinajstić information content (AvgIpc) is 2.88. The fraction of sp³-hybridized carbons (Fsp3) is 0.636. The molecule has 0 saturated heterocycles. The van der Waals surface area contributed by atoms with Crippen LogP contribution in [0.15, 0.2) is 10.7 Å². The van der Waals surface area contributed by atoms with E-state index in [1.54, 1.807) is 10.9 Å². The predicted octanol–water partition coefficient (Wildman–Crippen LogP) is 0.928. The summed E-state index contributed by atoms with van der Waals surface area (Å²) in [7, 11) is 0. The summed E-state index contributed by atoms with van der Waals surface area (Å²) in [5.41, 5.74) is 6.46. The molecule has 2 aromatic rings. The lowest BCUT2D eigenvalue weighted by Gasteiger charge is -1.96. The zero-order chi connectivity index (χ0) is 13.1. The third-order valence-corrected chi connectivity index (χ3v) is 2.42.